The van der Waals surface area contributed by atoms with Gasteiger partial charge in [-0.15, -0.1) is 0 Å². The number of rotatable bonds is 10. The lowest BCUT2D eigenvalue weighted by atomic mass is 10.1. The maximum absolute atomic E-state index is 11.7. The van der Waals surface area contributed by atoms with Crippen LogP contribution in [0.4, 0.5) is 0 Å². The number of carbonyl (C=O) groups excluding carboxylic acids is 2. The van der Waals surface area contributed by atoms with Gasteiger partial charge >= 0.3 is 5.97 Å². The number of nitrogens with one attached hydrogen (secondary N) is 1. The first-order valence-corrected chi connectivity index (χ1v) is 8.49. The molecule has 0 aliphatic rings. The minimum Gasteiger partial charge on any atom is -0.454 e. The van der Waals surface area contributed by atoms with Crippen molar-refractivity contribution in [3.8, 4) is 0 Å². The summed E-state index contributed by atoms with van der Waals surface area (Å²) in [6, 6.07) is 8.05. The van der Waals surface area contributed by atoms with Gasteiger partial charge in [0.05, 0.1) is 0 Å². The summed E-state index contributed by atoms with van der Waals surface area (Å²) in [4.78, 5) is 23.5. The molecular weight excluding hydrogens is 306 g/mol. The summed E-state index contributed by atoms with van der Waals surface area (Å²) in [6.07, 6.45) is 0.987. The van der Waals surface area contributed by atoms with E-state index in [1.807, 2.05) is 31.2 Å². The molecule has 1 rings (SSSR count). The van der Waals surface area contributed by atoms with Gasteiger partial charge in [0.25, 0.3) is 5.91 Å². The van der Waals surface area contributed by atoms with E-state index in [0.29, 0.717) is 19.1 Å². The first-order valence-electron chi connectivity index (χ1n) is 8.49. The van der Waals surface area contributed by atoms with Gasteiger partial charge in [0, 0.05) is 13.2 Å². The zero-order valence-electron chi connectivity index (χ0n) is 15.1. The molecule has 1 unspecified atom stereocenters. The van der Waals surface area contributed by atoms with Gasteiger partial charge in [-0.25, -0.2) is 4.79 Å². The molecule has 1 aromatic carbocycles. The Hall–Kier alpha value is -1.88. The third-order valence-electron chi connectivity index (χ3n) is 3.72. The molecule has 0 aromatic heterocycles. The molecule has 0 bridgehead atoms. The molecule has 1 amide bonds. The van der Waals surface area contributed by atoms with Crippen LogP contribution in [0.2, 0.25) is 0 Å². The lowest BCUT2D eigenvalue weighted by molar-refractivity contribution is -0.159. The van der Waals surface area contributed by atoms with Gasteiger partial charge in [0.15, 0.2) is 12.7 Å². The van der Waals surface area contributed by atoms with Crippen LogP contribution in [0.15, 0.2) is 24.3 Å². The van der Waals surface area contributed by atoms with Crippen LogP contribution in [-0.2, 0) is 25.5 Å². The fraction of sp³-hybridized carbons (Fsp3) is 0.579. The lowest BCUT2D eigenvalue weighted by Gasteiger charge is -2.13. The number of hydrogen-bond acceptors (Lipinski definition) is 4. The monoisotopic (exact) mass is 335 g/mol. The molecule has 5 nitrogen and oxygen atoms in total. The first kappa shape index (κ1) is 20.2. The maximum atomic E-state index is 11.7. The van der Waals surface area contributed by atoms with Gasteiger partial charge in [-0.1, -0.05) is 38.1 Å². The molecule has 0 aliphatic carbocycles. The third kappa shape index (κ3) is 8.11. The van der Waals surface area contributed by atoms with Crippen molar-refractivity contribution in [3.63, 3.8) is 0 Å². The molecule has 0 radical (unpaired) electrons. The van der Waals surface area contributed by atoms with Gasteiger partial charge in [-0.05, 0) is 43.7 Å². The quantitative estimate of drug-likeness (QED) is 0.668. The van der Waals surface area contributed by atoms with Gasteiger partial charge in [-0.3, -0.25) is 4.79 Å². The van der Waals surface area contributed by atoms with E-state index < -0.39 is 12.1 Å². The Labute approximate surface area is 144 Å². The fourth-order valence-electron chi connectivity index (χ4n) is 2.08. The minimum absolute atomic E-state index is 0.273. The highest BCUT2D eigenvalue weighted by atomic mass is 16.6. The SMILES string of the molecule is Cc1ccccc1CCNC(=O)COC(=O)C(C)OCCC(C)C. The second-order valence-electron chi connectivity index (χ2n) is 6.33. The van der Waals surface area contributed by atoms with Crippen LogP contribution >= 0.6 is 0 Å². The maximum Gasteiger partial charge on any atom is 0.335 e. The molecule has 0 aliphatic heterocycles. The number of hydrogen-bond donors (Lipinski definition) is 1. The van der Waals surface area contributed by atoms with Crippen molar-refractivity contribution < 1.29 is 19.1 Å². The average Bonchev–Trinajstić information content (AvgIpc) is 2.54. The van der Waals surface area contributed by atoms with Gasteiger partial charge in [0.2, 0.25) is 0 Å². The molecule has 1 aromatic rings. The Morgan fingerprint density at radius 1 is 1.17 bits per heavy atom. The zero-order chi connectivity index (χ0) is 17.9. The molecule has 24 heavy (non-hydrogen) atoms. The van der Waals surface area contributed by atoms with E-state index in [0.717, 1.165) is 12.8 Å². The zero-order valence-corrected chi connectivity index (χ0v) is 15.1. The van der Waals surface area contributed by atoms with E-state index in [-0.39, 0.29) is 12.5 Å². The Bertz CT molecular complexity index is 528. The van der Waals surface area contributed by atoms with E-state index in [1.54, 1.807) is 6.92 Å². The van der Waals surface area contributed by atoms with Crippen LogP contribution in [0.25, 0.3) is 0 Å². The van der Waals surface area contributed by atoms with E-state index in [2.05, 4.69) is 19.2 Å². The summed E-state index contributed by atoms with van der Waals surface area (Å²) in [5.41, 5.74) is 2.40. The topological polar surface area (TPSA) is 64.6 Å². The summed E-state index contributed by atoms with van der Waals surface area (Å²) < 4.78 is 10.4. The predicted molar refractivity (Wildman–Crippen MR) is 93.7 cm³/mol. The number of benzene rings is 1. The second kappa shape index (κ2) is 10.8. The molecule has 0 saturated carbocycles. The number of amides is 1. The van der Waals surface area contributed by atoms with Crippen molar-refractivity contribution in [2.45, 2.75) is 46.6 Å². The summed E-state index contributed by atoms with van der Waals surface area (Å²) in [5, 5.41) is 2.75. The molecule has 0 spiro atoms. The average molecular weight is 335 g/mol. The van der Waals surface area contributed by atoms with Crippen LogP contribution in [0.1, 0.15) is 38.3 Å². The van der Waals surface area contributed by atoms with Crippen molar-refractivity contribution >= 4 is 11.9 Å². The summed E-state index contributed by atoms with van der Waals surface area (Å²) in [5.74, 6) is -0.286. The van der Waals surface area contributed by atoms with Crippen molar-refractivity contribution in [1.82, 2.24) is 5.32 Å². The van der Waals surface area contributed by atoms with Crippen molar-refractivity contribution in [1.29, 1.82) is 0 Å². The summed E-state index contributed by atoms with van der Waals surface area (Å²) >= 11 is 0. The minimum atomic E-state index is -0.650. The first-order chi connectivity index (χ1) is 11.4. The van der Waals surface area contributed by atoms with E-state index in [9.17, 15) is 9.59 Å². The summed E-state index contributed by atoms with van der Waals surface area (Å²) in [7, 11) is 0. The lowest BCUT2D eigenvalue weighted by Crippen LogP contribution is -2.33. The Kier molecular flexibility index (Phi) is 9.08. The highest BCUT2D eigenvalue weighted by Crippen LogP contribution is 2.06. The van der Waals surface area contributed by atoms with Gasteiger partial charge in [0.1, 0.15) is 0 Å². The molecule has 0 saturated heterocycles. The number of ether oxygens (including phenoxy) is 2. The molecule has 1 N–H and O–H groups in total. The Morgan fingerprint density at radius 3 is 2.54 bits per heavy atom. The van der Waals surface area contributed by atoms with Crippen LogP contribution in [0.5, 0.6) is 0 Å². The molecule has 0 fully saturated rings. The largest absolute Gasteiger partial charge is 0.454 e. The van der Waals surface area contributed by atoms with Crippen LogP contribution < -0.4 is 5.32 Å². The fourth-order valence-corrected chi connectivity index (χ4v) is 2.08. The molecular formula is C19H29NO4. The third-order valence-corrected chi connectivity index (χ3v) is 3.72. The van der Waals surface area contributed by atoms with Gasteiger partial charge in [-0.2, -0.15) is 0 Å². The molecule has 134 valence electrons. The van der Waals surface area contributed by atoms with E-state index in [1.165, 1.54) is 11.1 Å². The summed E-state index contributed by atoms with van der Waals surface area (Å²) in [6.45, 7) is 8.61. The van der Waals surface area contributed by atoms with Crippen LogP contribution in [0, 0.1) is 12.8 Å². The van der Waals surface area contributed by atoms with Crippen molar-refractivity contribution in [3.05, 3.63) is 35.4 Å². The second-order valence-corrected chi connectivity index (χ2v) is 6.33. The van der Waals surface area contributed by atoms with Crippen molar-refractivity contribution in [2.75, 3.05) is 19.8 Å². The highest BCUT2D eigenvalue weighted by molar-refractivity contribution is 5.81. The normalized spacial score (nSPS) is 12.0. The molecule has 1 atom stereocenters. The van der Waals surface area contributed by atoms with Crippen molar-refractivity contribution in [2.24, 2.45) is 5.92 Å². The van der Waals surface area contributed by atoms with Gasteiger partial charge < -0.3 is 14.8 Å². The van der Waals surface area contributed by atoms with Crippen LogP contribution in [-0.4, -0.2) is 37.7 Å². The predicted octanol–water partition coefficient (Wildman–Crippen LogP) is 2.65. The van der Waals surface area contributed by atoms with E-state index >= 15 is 0 Å². The Balaban J connectivity index is 2.18. The van der Waals surface area contributed by atoms with Crippen LogP contribution in [0.3, 0.4) is 0 Å². The molecule has 0 heterocycles. The standard InChI is InChI=1S/C19H29NO4/c1-14(2)10-12-23-16(4)19(22)24-13-18(21)20-11-9-17-8-6-5-7-15(17)3/h5-8,14,16H,9-13H2,1-4H3,(H,20,21). The number of aryl methyl sites for hydroxylation is 1. The van der Waals surface area contributed by atoms with E-state index in [4.69, 9.17) is 9.47 Å². The number of carbonyl (C=O) groups is 2. The highest BCUT2D eigenvalue weighted by Gasteiger charge is 2.16. The smallest absolute Gasteiger partial charge is 0.335 e. The number of esters is 1. The molecule has 5 heteroatoms. The Morgan fingerprint density at radius 2 is 1.88 bits per heavy atom.